The number of hydrogen-bond acceptors (Lipinski definition) is 3. The van der Waals surface area contributed by atoms with Crippen LogP contribution in [0.15, 0.2) is 17.5 Å². The van der Waals surface area contributed by atoms with Gasteiger partial charge in [-0.1, -0.05) is 33.3 Å². The van der Waals surface area contributed by atoms with Crippen LogP contribution in [0.3, 0.4) is 0 Å². The van der Waals surface area contributed by atoms with Crippen molar-refractivity contribution in [1.82, 2.24) is 10.2 Å². The van der Waals surface area contributed by atoms with Gasteiger partial charge in [0.2, 0.25) is 0 Å². The topological polar surface area (TPSA) is 15.3 Å². The Morgan fingerprint density at radius 3 is 2.90 bits per heavy atom. The van der Waals surface area contributed by atoms with E-state index in [1.54, 1.807) is 0 Å². The third-order valence-corrected chi connectivity index (χ3v) is 6.16. The maximum atomic E-state index is 3.80. The molecule has 2 heterocycles. The fraction of sp³-hybridized carbons (Fsp3) is 0.765. The van der Waals surface area contributed by atoms with Crippen LogP contribution in [-0.2, 0) is 6.42 Å². The second kappa shape index (κ2) is 7.06. The van der Waals surface area contributed by atoms with Gasteiger partial charge in [0.15, 0.2) is 0 Å². The fourth-order valence-electron chi connectivity index (χ4n) is 3.06. The minimum atomic E-state index is 0.321. The minimum Gasteiger partial charge on any atom is -0.311 e. The van der Waals surface area contributed by atoms with Crippen LogP contribution < -0.4 is 5.32 Å². The summed E-state index contributed by atoms with van der Waals surface area (Å²) in [5.74, 6) is 0.764. The van der Waals surface area contributed by atoms with Gasteiger partial charge in [0.1, 0.15) is 0 Å². The minimum absolute atomic E-state index is 0.321. The number of hydrogen-bond donors (Lipinski definition) is 1. The molecule has 1 aliphatic rings. The molecule has 0 amide bonds. The van der Waals surface area contributed by atoms with E-state index in [2.05, 4.69) is 55.4 Å². The summed E-state index contributed by atoms with van der Waals surface area (Å²) < 4.78 is 0. The Labute approximate surface area is 128 Å². The average Bonchev–Trinajstić information content (AvgIpc) is 2.99. The smallest absolute Gasteiger partial charge is 0.0304 e. The van der Waals surface area contributed by atoms with Crippen LogP contribution in [0.5, 0.6) is 0 Å². The Morgan fingerprint density at radius 1 is 1.50 bits per heavy atom. The van der Waals surface area contributed by atoms with E-state index < -0.39 is 0 Å². The normalized spacial score (nSPS) is 29.5. The molecule has 114 valence electrons. The van der Waals surface area contributed by atoms with Crippen LogP contribution in [0.4, 0.5) is 0 Å². The molecule has 0 saturated carbocycles. The van der Waals surface area contributed by atoms with Crippen molar-refractivity contribution < 1.29 is 0 Å². The van der Waals surface area contributed by atoms with E-state index in [1.807, 2.05) is 11.3 Å². The van der Waals surface area contributed by atoms with Crippen LogP contribution in [0.1, 0.15) is 45.4 Å². The molecule has 2 rings (SSSR count). The van der Waals surface area contributed by atoms with Gasteiger partial charge in [-0.05, 0) is 37.1 Å². The maximum Gasteiger partial charge on any atom is 0.0304 e. The first-order chi connectivity index (χ1) is 9.59. The molecule has 3 heteroatoms. The van der Waals surface area contributed by atoms with Crippen molar-refractivity contribution in [3.05, 3.63) is 22.4 Å². The van der Waals surface area contributed by atoms with Crippen LogP contribution in [-0.4, -0.2) is 36.1 Å². The summed E-state index contributed by atoms with van der Waals surface area (Å²) in [4.78, 5) is 4.25. The Balaban J connectivity index is 1.99. The van der Waals surface area contributed by atoms with Crippen LogP contribution >= 0.6 is 11.3 Å². The van der Waals surface area contributed by atoms with Crippen molar-refractivity contribution in [2.75, 3.05) is 19.6 Å². The van der Waals surface area contributed by atoms with E-state index >= 15 is 0 Å². The first-order valence-corrected chi connectivity index (χ1v) is 8.98. The Morgan fingerprint density at radius 2 is 2.30 bits per heavy atom. The highest BCUT2D eigenvalue weighted by Gasteiger charge is 2.37. The van der Waals surface area contributed by atoms with Crippen molar-refractivity contribution in [2.45, 2.75) is 58.5 Å². The third-order valence-electron chi connectivity index (χ3n) is 5.23. The van der Waals surface area contributed by atoms with Gasteiger partial charge in [-0.3, -0.25) is 4.90 Å². The van der Waals surface area contributed by atoms with Gasteiger partial charge in [0.25, 0.3) is 0 Å². The molecule has 2 nitrogen and oxygen atoms in total. The van der Waals surface area contributed by atoms with Gasteiger partial charge in [-0.15, -0.1) is 11.3 Å². The number of piperazine rings is 1. The molecule has 0 bridgehead atoms. The summed E-state index contributed by atoms with van der Waals surface area (Å²) in [6, 6.07) is 5.09. The monoisotopic (exact) mass is 294 g/mol. The zero-order valence-electron chi connectivity index (χ0n) is 13.5. The van der Waals surface area contributed by atoms with Gasteiger partial charge < -0.3 is 5.32 Å². The van der Waals surface area contributed by atoms with Gasteiger partial charge in [-0.2, -0.15) is 0 Å². The molecule has 1 N–H and O–H groups in total. The summed E-state index contributed by atoms with van der Waals surface area (Å²) in [5.41, 5.74) is 0.321. The number of nitrogens with one attached hydrogen (secondary N) is 1. The fourth-order valence-corrected chi connectivity index (χ4v) is 3.76. The molecule has 0 aliphatic carbocycles. The molecule has 1 aliphatic heterocycles. The number of thiophene rings is 1. The zero-order chi connectivity index (χ0) is 14.6. The van der Waals surface area contributed by atoms with E-state index in [0.717, 1.165) is 12.5 Å². The first kappa shape index (κ1) is 16.0. The van der Waals surface area contributed by atoms with Crippen LogP contribution in [0, 0.1) is 5.92 Å². The lowest BCUT2D eigenvalue weighted by molar-refractivity contribution is 0.0375. The lowest BCUT2D eigenvalue weighted by Crippen LogP contribution is -2.64. The summed E-state index contributed by atoms with van der Waals surface area (Å²) in [7, 11) is 0. The summed E-state index contributed by atoms with van der Waals surface area (Å²) in [5, 5.41) is 5.98. The molecule has 0 spiro atoms. The predicted octanol–water partition coefficient (Wildman–Crippen LogP) is 3.78. The van der Waals surface area contributed by atoms with Crippen LogP contribution in [0.2, 0.25) is 0 Å². The average molecular weight is 295 g/mol. The lowest BCUT2D eigenvalue weighted by Gasteiger charge is -2.49. The molecule has 0 radical (unpaired) electrons. The molecule has 3 atom stereocenters. The molecule has 3 unspecified atom stereocenters. The molecule has 20 heavy (non-hydrogen) atoms. The van der Waals surface area contributed by atoms with E-state index in [0.29, 0.717) is 11.6 Å². The lowest BCUT2D eigenvalue weighted by atomic mass is 9.88. The Kier molecular flexibility index (Phi) is 5.65. The third kappa shape index (κ3) is 3.63. The van der Waals surface area contributed by atoms with Gasteiger partial charge in [0.05, 0.1) is 0 Å². The molecular weight excluding hydrogens is 264 g/mol. The number of rotatable bonds is 6. The summed E-state index contributed by atoms with van der Waals surface area (Å²) >= 11 is 1.89. The van der Waals surface area contributed by atoms with E-state index in [-0.39, 0.29) is 0 Å². The first-order valence-electron chi connectivity index (χ1n) is 8.10. The van der Waals surface area contributed by atoms with Gasteiger partial charge >= 0.3 is 0 Å². The predicted molar refractivity (Wildman–Crippen MR) is 89.5 cm³/mol. The van der Waals surface area contributed by atoms with Crippen molar-refractivity contribution >= 4 is 11.3 Å². The Hall–Kier alpha value is -0.380. The quantitative estimate of drug-likeness (QED) is 0.859. The van der Waals surface area contributed by atoms with Gasteiger partial charge in [-0.25, -0.2) is 0 Å². The van der Waals surface area contributed by atoms with E-state index in [9.17, 15) is 0 Å². The standard InChI is InChI=1S/C17H30N2S/c1-5-14(3)16-12-19(17(4,6-2)13-18-16)10-9-15-8-7-11-20-15/h7-8,11,14,16,18H,5-6,9-10,12-13H2,1-4H3. The SMILES string of the molecule is CCC(C)C1CN(CCc2cccs2)C(C)(CC)CN1. The number of nitrogens with zero attached hydrogens (tertiary/aromatic N) is 1. The summed E-state index contributed by atoms with van der Waals surface area (Å²) in [6.45, 7) is 12.9. The Bertz CT molecular complexity index is 390. The summed E-state index contributed by atoms with van der Waals surface area (Å²) in [6.07, 6.45) is 3.68. The highest BCUT2D eigenvalue weighted by Crippen LogP contribution is 2.26. The van der Waals surface area contributed by atoms with E-state index in [1.165, 1.54) is 37.2 Å². The van der Waals surface area contributed by atoms with Crippen molar-refractivity contribution in [3.8, 4) is 0 Å². The molecular formula is C17H30N2S. The second-order valence-corrected chi connectivity index (χ2v) is 7.53. The van der Waals surface area contributed by atoms with Gasteiger partial charge in [0, 0.05) is 36.1 Å². The highest BCUT2D eigenvalue weighted by molar-refractivity contribution is 7.09. The van der Waals surface area contributed by atoms with Crippen LogP contribution in [0.25, 0.3) is 0 Å². The molecule has 1 saturated heterocycles. The molecule has 1 fully saturated rings. The van der Waals surface area contributed by atoms with Crippen molar-refractivity contribution in [3.63, 3.8) is 0 Å². The zero-order valence-corrected chi connectivity index (χ0v) is 14.3. The molecule has 0 aromatic carbocycles. The maximum absolute atomic E-state index is 3.80. The molecule has 1 aromatic rings. The molecule has 1 aromatic heterocycles. The van der Waals surface area contributed by atoms with E-state index in [4.69, 9.17) is 0 Å². The highest BCUT2D eigenvalue weighted by atomic mass is 32.1. The van der Waals surface area contributed by atoms with Crippen molar-refractivity contribution in [2.24, 2.45) is 5.92 Å². The van der Waals surface area contributed by atoms with Crippen molar-refractivity contribution in [1.29, 1.82) is 0 Å². The second-order valence-electron chi connectivity index (χ2n) is 6.50. The largest absolute Gasteiger partial charge is 0.311 e.